The van der Waals surface area contributed by atoms with Gasteiger partial charge in [0.1, 0.15) is 0 Å². The Morgan fingerprint density at radius 2 is 1.24 bits per heavy atom. The highest BCUT2D eigenvalue weighted by molar-refractivity contribution is 7.30. The lowest BCUT2D eigenvalue weighted by atomic mass is 10.2. The zero-order chi connectivity index (χ0) is 11.8. The lowest BCUT2D eigenvalue weighted by Crippen LogP contribution is -1.83. The van der Waals surface area contributed by atoms with Crippen molar-refractivity contribution in [3.63, 3.8) is 0 Å². The second-order valence-corrected chi connectivity index (χ2v) is 3.19. The van der Waals surface area contributed by atoms with Gasteiger partial charge in [-0.1, -0.05) is 12.1 Å². The number of rotatable bonds is 1. The Labute approximate surface area is 98.9 Å². The predicted octanol–water partition coefficient (Wildman–Crippen LogP) is 0.947. The maximum Gasteiger partial charge on any atom is 0.692 e. The van der Waals surface area contributed by atoms with Crippen LogP contribution in [0, 0.1) is 0 Å². The van der Waals surface area contributed by atoms with Crippen molar-refractivity contribution >= 4 is 8.25 Å². The highest BCUT2D eigenvalue weighted by atomic mass is 31.1. The van der Waals surface area contributed by atoms with Gasteiger partial charge in [-0.15, -0.1) is 9.79 Å². The van der Waals surface area contributed by atoms with E-state index in [2.05, 4.69) is 9.97 Å². The van der Waals surface area contributed by atoms with E-state index < -0.39 is 8.25 Å². The van der Waals surface area contributed by atoms with Gasteiger partial charge in [0, 0.05) is 17.0 Å². The van der Waals surface area contributed by atoms with Gasteiger partial charge in [0.25, 0.3) is 0 Å². The molecule has 0 aliphatic rings. The van der Waals surface area contributed by atoms with Crippen molar-refractivity contribution < 1.29 is 19.8 Å². The van der Waals surface area contributed by atoms with Crippen molar-refractivity contribution in [1.82, 2.24) is 9.97 Å². The van der Waals surface area contributed by atoms with Crippen molar-refractivity contribution in [2.45, 2.75) is 0 Å². The van der Waals surface area contributed by atoms with E-state index in [1.807, 2.05) is 36.4 Å². The fraction of sp³-hybridized carbons (Fsp3) is 0. The Hall–Kier alpha value is -1.72. The molecule has 0 radical (unpaired) electrons. The van der Waals surface area contributed by atoms with Crippen molar-refractivity contribution in [1.29, 1.82) is 0 Å². The molecule has 0 aliphatic heterocycles. The summed E-state index contributed by atoms with van der Waals surface area (Å²) in [4.78, 5) is 22.6. The van der Waals surface area contributed by atoms with Gasteiger partial charge < -0.3 is 5.48 Å². The van der Waals surface area contributed by atoms with Gasteiger partial charge in [-0.3, -0.25) is 9.97 Å². The first-order valence-corrected chi connectivity index (χ1v) is 5.54. The SMILES string of the molecule is O.O=[P+](O)O.c1ccc(-c2ccccn2)nc1. The van der Waals surface area contributed by atoms with Gasteiger partial charge in [-0.25, -0.2) is 0 Å². The summed E-state index contributed by atoms with van der Waals surface area (Å²) in [6.07, 6.45) is 3.54. The molecular formula is C10H12N2O4P+. The third-order valence-electron chi connectivity index (χ3n) is 1.59. The number of hydrogen-bond acceptors (Lipinski definition) is 3. The number of pyridine rings is 2. The van der Waals surface area contributed by atoms with Crippen LogP contribution in [0.1, 0.15) is 0 Å². The molecule has 0 saturated heterocycles. The average Bonchev–Trinajstić information content (AvgIpc) is 2.31. The molecule has 0 aromatic carbocycles. The van der Waals surface area contributed by atoms with Crippen LogP contribution >= 0.6 is 8.25 Å². The first-order chi connectivity index (χ1) is 7.70. The van der Waals surface area contributed by atoms with Crippen molar-refractivity contribution in [2.75, 3.05) is 0 Å². The van der Waals surface area contributed by atoms with Crippen molar-refractivity contribution in [2.24, 2.45) is 0 Å². The molecule has 0 aliphatic carbocycles. The average molecular weight is 255 g/mol. The molecule has 2 aromatic heterocycles. The van der Waals surface area contributed by atoms with Gasteiger partial charge in [-0.2, -0.15) is 0 Å². The minimum Gasteiger partial charge on any atom is -0.412 e. The van der Waals surface area contributed by atoms with Gasteiger partial charge in [0.05, 0.1) is 11.4 Å². The van der Waals surface area contributed by atoms with Crippen LogP contribution in [0.3, 0.4) is 0 Å². The van der Waals surface area contributed by atoms with Gasteiger partial charge >= 0.3 is 8.25 Å². The van der Waals surface area contributed by atoms with E-state index in [1.165, 1.54) is 0 Å². The van der Waals surface area contributed by atoms with E-state index in [0.29, 0.717) is 0 Å². The molecule has 17 heavy (non-hydrogen) atoms. The van der Waals surface area contributed by atoms with Crippen LogP contribution in [0.25, 0.3) is 11.4 Å². The Kier molecular flexibility index (Phi) is 7.58. The third kappa shape index (κ3) is 6.44. The molecule has 90 valence electrons. The molecule has 0 fully saturated rings. The van der Waals surface area contributed by atoms with Crippen LogP contribution in [0.2, 0.25) is 0 Å². The second kappa shape index (κ2) is 8.43. The Morgan fingerprint density at radius 1 is 0.882 bits per heavy atom. The topological polar surface area (TPSA) is 115 Å². The molecule has 0 spiro atoms. The summed E-state index contributed by atoms with van der Waals surface area (Å²) in [6.45, 7) is 0. The first kappa shape index (κ1) is 15.3. The smallest absolute Gasteiger partial charge is 0.412 e. The lowest BCUT2D eigenvalue weighted by Gasteiger charge is -1.96. The summed E-state index contributed by atoms with van der Waals surface area (Å²) in [6, 6.07) is 11.6. The standard InChI is InChI=1S/C10H8N2.HO3P.H2O/c1-3-7-11-9(5-1)10-6-2-4-8-12-10;1-4(2)3;/h1-8H;(H-,1,2,3);1H2/p+1. The van der Waals surface area contributed by atoms with Crippen LogP contribution in [-0.2, 0) is 4.57 Å². The molecule has 2 heterocycles. The summed E-state index contributed by atoms with van der Waals surface area (Å²) in [5, 5.41) is 0. The van der Waals surface area contributed by atoms with E-state index in [-0.39, 0.29) is 5.48 Å². The van der Waals surface area contributed by atoms with Gasteiger partial charge in [0.2, 0.25) is 0 Å². The summed E-state index contributed by atoms with van der Waals surface area (Å²) in [5.41, 5.74) is 1.83. The number of nitrogens with zero attached hydrogens (tertiary/aromatic N) is 2. The summed E-state index contributed by atoms with van der Waals surface area (Å²) < 4.78 is 8.70. The van der Waals surface area contributed by atoms with Gasteiger partial charge in [0.15, 0.2) is 0 Å². The zero-order valence-electron chi connectivity index (χ0n) is 8.76. The van der Waals surface area contributed by atoms with Crippen molar-refractivity contribution in [3.05, 3.63) is 48.8 Å². The lowest BCUT2D eigenvalue weighted by molar-refractivity contribution is 0.405. The Morgan fingerprint density at radius 3 is 1.47 bits per heavy atom. The summed E-state index contributed by atoms with van der Waals surface area (Å²) >= 11 is 0. The molecule has 7 heteroatoms. The zero-order valence-corrected chi connectivity index (χ0v) is 9.66. The molecule has 0 unspecified atom stereocenters. The van der Waals surface area contributed by atoms with Crippen LogP contribution in [0.5, 0.6) is 0 Å². The maximum atomic E-state index is 8.70. The molecule has 0 amide bonds. The molecule has 6 nitrogen and oxygen atoms in total. The maximum absolute atomic E-state index is 8.70. The molecule has 2 rings (SSSR count). The largest absolute Gasteiger partial charge is 0.692 e. The van der Waals surface area contributed by atoms with E-state index in [1.54, 1.807) is 12.4 Å². The molecule has 0 bridgehead atoms. The first-order valence-electron chi connectivity index (χ1n) is 4.37. The normalized spacial score (nSPS) is 8.35. The minimum absolute atomic E-state index is 0. The van der Waals surface area contributed by atoms with E-state index in [4.69, 9.17) is 14.4 Å². The van der Waals surface area contributed by atoms with Crippen LogP contribution in [0.4, 0.5) is 0 Å². The number of hydrogen-bond donors (Lipinski definition) is 2. The fourth-order valence-corrected chi connectivity index (χ4v) is 1.03. The quantitative estimate of drug-likeness (QED) is 0.736. The Balaban J connectivity index is 0.000000453. The third-order valence-corrected chi connectivity index (χ3v) is 1.59. The highest BCUT2D eigenvalue weighted by Gasteiger charge is 1.95. The monoisotopic (exact) mass is 255 g/mol. The van der Waals surface area contributed by atoms with Gasteiger partial charge in [-0.05, 0) is 24.3 Å². The second-order valence-electron chi connectivity index (χ2n) is 2.68. The van der Waals surface area contributed by atoms with E-state index in [9.17, 15) is 0 Å². The number of aromatic nitrogens is 2. The van der Waals surface area contributed by atoms with E-state index >= 15 is 0 Å². The summed E-state index contributed by atoms with van der Waals surface area (Å²) in [5.74, 6) is 0. The molecular weight excluding hydrogens is 243 g/mol. The van der Waals surface area contributed by atoms with Crippen LogP contribution < -0.4 is 0 Å². The highest BCUT2D eigenvalue weighted by Crippen LogP contribution is 2.10. The van der Waals surface area contributed by atoms with E-state index in [0.717, 1.165) is 11.4 Å². The fourth-order valence-electron chi connectivity index (χ4n) is 1.03. The Bertz CT molecular complexity index is 397. The molecule has 0 saturated carbocycles. The van der Waals surface area contributed by atoms with Crippen LogP contribution in [0.15, 0.2) is 48.8 Å². The molecule has 4 N–H and O–H groups in total. The van der Waals surface area contributed by atoms with Crippen molar-refractivity contribution in [3.8, 4) is 11.4 Å². The molecule has 0 atom stereocenters. The predicted molar refractivity (Wildman–Crippen MR) is 63.1 cm³/mol. The summed E-state index contributed by atoms with van der Waals surface area (Å²) in [7, 11) is -2.87. The minimum atomic E-state index is -2.87. The molecule has 2 aromatic rings. The van der Waals surface area contributed by atoms with Crippen LogP contribution in [-0.4, -0.2) is 25.2 Å².